The molecule has 0 spiro atoms. The number of nitrogens with zero attached hydrogens (tertiary/aromatic N) is 4. The summed E-state index contributed by atoms with van der Waals surface area (Å²) in [5.41, 5.74) is 0.577. The summed E-state index contributed by atoms with van der Waals surface area (Å²) in [6.45, 7) is 9.51. The largest absolute Gasteiger partial charge is 0.497 e. The molecule has 0 fully saturated rings. The standard InChI is InChI=1S/C20H27N5O3S2/c1-12(2)15(21-18(26)28-20(3,4)5)16-22-23-17-25(16)24-19(30-17)29-11-13-8-7-9-14(10-13)27-6/h7-10,12,15H,11H2,1-6H3,(H,21,26). The first-order valence-corrected chi connectivity index (χ1v) is 11.4. The van der Waals surface area contributed by atoms with Gasteiger partial charge in [0.2, 0.25) is 4.96 Å². The lowest BCUT2D eigenvalue weighted by molar-refractivity contribution is 0.0486. The second-order valence-corrected chi connectivity index (χ2v) is 10.3. The first-order chi connectivity index (χ1) is 14.2. The molecule has 3 aromatic rings. The molecule has 1 amide bonds. The number of methoxy groups -OCH3 is 1. The number of rotatable bonds is 7. The van der Waals surface area contributed by atoms with Crippen LogP contribution in [0.3, 0.4) is 0 Å². The van der Waals surface area contributed by atoms with Crippen molar-refractivity contribution in [3.8, 4) is 5.75 Å². The van der Waals surface area contributed by atoms with Gasteiger partial charge in [0.15, 0.2) is 10.2 Å². The summed E-state index contributed by atoms with van der Waals surface area (Å²) in [5.74, 6) is 2.27. The van der Waals surface area contributed by atoms with Crippen molar-refractivity contribution >= 4 is 34.2 Å². The summed E-state index contributed by atoms with van der Waals surface area (Å²) >= 11 is 3.10. The van der Waals surface area contributed by atoms with Crippen molar-refractivity contribution in [2.45, 2.75) is 56.4 Å². The number of alkyl carbamates (subject to hydrolysis) is 1. The van der Waals surface area contributed by atoms with Crippen molar-refractivity contribution in [1.29, 1.82) is 0 Å². The molecule has 162 valence electrons. The molecule has 8 nitrogen and oxygen atoms in total. The average molecular weight is 450 g/mol. The van der Waals surface area contributed by atoms with Crippen molar-refractivity contribution < 1.29 is 14.3 Å². The monoisotopic (exact) mass is 449 g/mol. The van der Waals surface area contributed by atoms with E-state index in [0.29, 0.717) is 10.8 Å². The Morgan fingerprint density at radius 1 is 1.30 bits per heavy atom. The van der Waals surface area contributed by atoms with E-state index in [1.165, 1.54) is 11.3 Å². The van der Waals surface area contributed by atoms with Gasteiger partial charge < -0.3 is 14.8 Å². The van der Waals surface area contributed by atoms with E-state index in [1.54, 1.807) is 23.4 Å². The van der Waals surface area contributed by atoms with Crippen molar-refractivity contribution in [2.75, 3.05) is 7.11 Å². The van der Waals surface area contributed by atoms with Gasteiger partial charge in [-0.25, -0.2) is 4.79 Å². The van der Waals surface area contributed by atoms with Gasteiger partial charge in [0, 0.05) is 5.75 Å². The zero-order chi connectivity index (χ0) is 21.9. The molecular weight excluding hydrogens is 422 g/mol. The molecule has 2 heterocycles. The minimum Gasteiger partial charge on any atom is -0.497 e. The minimum absolute atomic E-state index is 0.0829. The van der Waals surface area contributed by atoms with Crippen LogP contribution in [0.1, 0.15) is 52.0 Å². The molecule has 0 saturated carbocycles. The highest BCUT2D eigenvalue weighted by Crippen LogP contribution is 2.30. The molecule has 0 bridgehead atoms. The Balaban J connectivity index is 1.76. The van der Waals surface area contributed by atoms with Crippen molar-refractivity contribution in [3.05, 3.63) is 35.7 Å². The van der Waals surface area contributed by atoms with Gasteiger partial charge in [0.1, 0.15) is 11.4 Å². The fourth-order valence-corrected chi connectivity index (χ4v) is 4.56. The number of aromatic nitrogens is 4. The highest BCUT2D eigenvalue weighted by atomic mass is 32.2. The predicted molar refractivity (Wildman–Crippen MR) is 118 cm³/mol. The van der Waals surface area contributed by atoms with Crippen LogP contribution in [0.15, 0.2) is 28.6 Å². The van der Waals surface area contributed by atoms with Crippen molar-refractivity contribution in [1.82, 2.24) is 25.1 Å². The van der Waals surface area contributed by atoms with E-state index in [2.05, 4.69) is 26.7 Å². The molecule has 2 aromatic heterocycles. The van der Waals surface area contributed by atoms with Crippen LogP contribution >= 0.6 is 23.1 Å². The van der Waals surface area contributed by atoms with E-state index in [1.807, 2.05) is 52.8 Å². The number of fused-ring (bicyclic) bond motifs is 1. The number of benzene rings is 1. The molecule has 0 aliphatic carbocycles. The molecule has 0 radical (unpaired) electrons. The minimum atomic E-state index is -0.573. The average Bonchev–Trinajstić information content (AvgIpc) is 3.23. The summed E-state index contributed by atoms with van der Waals surface area (Å²) in [7, 11) is 1.66. The first-order valence-electron chi connectivity index (χ1n) is 9.63. The molecule has 1 N–H and O–H groups in total. The third kappa shape index (κ3) is 5.63. The van der Waals surface area contributed by atoms with Gasteiger partial charge in [0.25, 0.3) is 0 Å². The summed E-state index contributed by atoms with van der Waals surface area (Å²) in [6.07, 6.45) is -0.485. The van der Waals surface area contributed by atoms with Gasteiger partial charge in [0.05, 0.1) is 13.2 Å². The van der Waals surface area contributed by atoms with E-state index in [9.17, 15) is 4.79 Å². The Bertz CT molecular complexity index is 1010. The van der Waals surface area contributed by atoms with Gasteiger partial charge >= 0.3 is 6.09 Å². The van der Waals surface area contributed by atoms with Gasteiger partial charge in [-0.3, -0.25) is 0 Å². The van der Waals surface area contributed by atoms with Crippen LogP contribution in [0.25, 0.3) is 4.96 Å². The number of nitrogens with one attached hydrogen (secondary N) is 1. The summed E-state index contributed by atoms with van der Waals surface area (Å²) in [5, 5.41) is 16.1. The van der Waals surface area contributed by atoms with Crippen LogP contribution < -0.4 is 10.1 Å². The number of hydrogen-bond donors (Lipinski definition) is 1. The predicted octanol–water partition coefficient (Wildman–Crippen LogP) is 4.71. The van der Waals surface area contributed by atoms with Gasteiger partial charge in [-0.05, 0) is 44.4 Å². The van der Waals surface area contributed by atoms with Crippen LogP contribution in [0.4, 0.5) is 4.79 Å². The maximum absolute atomic E-state index is 12.3. The fourth-order valence-electron chi connectivity index (χ4n) is 2.74. The van der Waals surface area contributed by atoms with Crippen LogP contribution in [0.2, 0.25) is 0 Å². The second kappa shape index (κ2) is 9.22. The molecular formula is C20H27N5O3S2. The van der Waals surface area contributed by atoms with Crippen LogP contribution in [-0.2, 0) is 10.5 Å². The van der Waals surface area contributed by atoms with Crippen molar-refractivity contribution in [2.24, 2.45) is 5.92 Å². The molecule has 10 heteroatoms. The Labute approximate surface area is 184 Å². The number of amides is 1. The van der Waals surface area contributed by atoms with Crippen molar-refractivity contribution in [3.63, 3.8) is 0 Å². The Kier molecular flexibility index (Phi) is 6.87. The number of thioether (sulfide) groups is 1. The number of hydrogen-bond acceptors (Lipinski definition) is 8. The SMILES string of the molecule is COc1cccc(CSc2nn3c(C(NC(=O)OC(C)(C)C)C(C)C)nnc3s2)c1. The lowest BCUT2D eigenvalue weighted by atomic mass is 10.0. The number of ether oxygens (including phenoxy) is 2. The maximum Gasteiger partial charge on any atom is 0.408 e. The quantitative estimate of drug-likeness (QED) is 0.522. The van der Waals surface area contributed by atoms with E-state index in [4.69, 9.17) is 9.47 Å². The summed E-state index contributed by atoms with van der Waals surface area (Å²) in [4.78, 5) is 13.0. The normalized spacial score (nSPS) is 12.9. The summed E-state index contributed by atoms with van der Waals surface area (Å²) in [6, 6.07) is 7.60. The van der Waals surface area contributed by atoms with Gasteiger partial charge in [-0.1, -0.05) is 49.1 Å². The molecule has 3 rings (SSSR count). The highest BCUT2D eigenvalue weighted by Gasteiger charge is 2.27. The maximum atomic E-state index is 12.3. The number of carbonyl (C=O) groups is 1. The third-order valence-electron chi connectivity index (χ3n) is 4.11. The molecule has 1 unspecified atom stereocenters. The van der Waals surface area contributed by atoms with Crippen LogP contribution in [-0.4, -0.2) is 38.6 Å². The molecule has 30 heavy (non-hydrogen) atoms. The fraction of sp³-hybridized carbons (Fsp3) is 0.500. The van der Waals surface area contributed by atoms with E-state index in [-0.39, 0.29) is 12.0 Å². The zero-order valence-corrected chi connectivity index (χ0v) is 19.6. The molecule has 0 aliphatic heterocycles. The molecule has 1 aromatic carbocycles. The van der Waals surface area contributed by atoms with Crippen LogP contribution in [0, 0.1) is 5.92 Å². The lowest BCUT2D eigenvalue weighted by Gasteiger charge is -2.24. The zero-order valence-electron chi connectivity index (χ0n) is 18.0. The second-order valence-electron chi connectivity index (χ2n) is 8.13. The molecule has 0 saturated heterocycles. The highest BCUT2D eigenvalue weighted by molar-refractivity contribution is 8.00. The first kappa shape index (κ1) is 22.4. The van der Waals surface area contributed by atoms with Gasteiger partial charge in [-0.15, -0.1) is 15.3 Å². The van der Waals surface area contributed by atoms with Crippen LogP contribution in [0.5, 0.6) is 5.75 Å². The number of carbonyl (C=O) groups excluding carboxylic acids is 1. The van der Waals surface area contributed by atoms with E-state index >= 15 is 0 Å². The topological polar surface area (TPSA) is 90.6 Å². The van der Waals surface area contributed by atoms with Gasteiger partial charge in [-0.2, -0.15) is 4.52 Å². The Morgan fingerprint density at radius 2 is 2.07 bits per heavy atom. The molecule has 0 aliphatic rings. The molecule has 1 atom stereocenters. The van der Waals surface area contributed by atoms with E-state index < -0.39 is 11.7 Å². The Morgan fingerprint density at radius 3 is 2.73 bits per heavy atom. The Hall–Kier alpha value is -2.33. The third-order valence-corrected chi connectivity index (χ3v) is 6.21. The smallest absolute Gasteiger partial charge is 0.408 e. The lowest BCUT2D eigenvalue weighted by Crippen LogP contribution is -2.37. The summed E-state index contributed by atoms with van der Waals surface area (Å²) < 4.78 is 13.3. The van der Waals surface area contributed by atoms with E-state index in [0.717, 1.165) is 21.4 Å².